The number of carbonyl (C=O) groups excluding carboxylic acids is 2. The average Bonchev–Trinajstić information content (AvgIpc) is 2.96. The monoisotopic (exact) mass is 434 g/mol. The van der Waals surface area contributed by atoms with Crippen molar-refractivity contribution in [3.63, 3.8) is 0 Å². The lowest BCUT2D eigenvalue weighted by Gasteiger charge is -2.24. The molecule has 32 heavy (non-hydrogen) atoms. The van der Waals surface area contributed by atoms with E-state index in [1.807, 2.05) is 37.3 Å². The molecule has 1 fully saturated rings. The van der Waals surface area contributed by atoms with Gasteiger partial charge in [-0.15, -0.1) is 0 Å². The third kappa shape index (κ3) is 5.63. The van der Waals surface area contributed by atoms with Crippen LogP contribution in [0.4, 0.5) is 10.5 Å². The molecule has 1 unspecified atom stereocenters. The molecule has 0 bridgehead atoms. The Bertz CT molecular complexity index is 997. The summed E-state index contributed by atoms with van der Waals surface area (Å²) in [5.41, 5.74) is 8.59. The summed E-state index contributed by atoms with van der Waals surface area (Å²) in [5, 5.41) is 17.6. The Morgan fingerprint density at radius 1 is 1.19 bits per heavy atom. The van der Waals surface area contributed by atoms with E-state index in [0.29, 0.717) is 30.3 Å². The smallest absolute Gasteiger partial charge is 0.319 e. The summed E-state index contributed by atoms with van der Waals surface area (Å²) in [4.78, 5) is 26.7. The summed E-state index contributed by atoms with van der Waals surface area (Å²) in [7, 11) is 0. The molecule has 0 aliphatic carbocycles. The number of rotatable bonds is 7. The van der Waals surface area contributed by atoms with Crippen molar-refractivity contribution in [1.82, 2.24) is 15.5 Å². The Kier molecular flexibility index (Phi) is 7.13. The number of nitriles is 1. The molecule has 3 amide bonds. The molecule has 8 heteroatoms. The minimum Gasteiger partial charge on any atom is -0.334 e. The van der Waals surface area contributed by atoms with Crippen LogP contribution in [0, 0.1) is 17.2 Å². The second-order valence-electron chi connectivity index (χ2n) is 8.77. The predicted octanol–water partition coefficient (Wildman–Crippen LogP) is 2.86. The molecule has 1 heterocycles. The summed E-state index contributed by atoms with van der Waals surface area (Å²) in [6, 6.07) is 16.1. The molecule has 3 rings (SSSR count). The zero-order valence-corrected chi connectivity index (χ0v) is 18.7. The van der Waals surface area contributed by atoms with Crippen LogP contribution in [0.25, 0.3) is 0 Å². The van der Waals surface area contributed by atoms with E-state index in [1.54, 1.807) is 29.2 Å². The first-order valence-electron chi connectivity index (χ1n) is 10.7. The van der Waals surface area contributed by atoms with Gasteiger partial charge in [0.1, 0.15) is 6.29 Å². The van der Waals surface area contributed by atoms with E-state index in [-0.39, 0.29) is 11.9 Å². The number of urea groups is 1. The first-order chi connectivity index (χ1) is 15.2. The van der Waals surface area contributed by atoms with Crippen molar-refractivity contribution < 1.29 is 9.59 Å². The highest BCUT2D eigenvalue weighted by Crippen LogP contribution is 2.27. The van der Waals surface area contributed by atoms with Gasteiger partial charge in [-0.05, 0) is 54.7 Å². The molecular formula is C24H30N6O2. The van der Waals surface area contributed by atoms with Gasteiger partial charge in [0.05, 0.1) is 17.2 Å². The van der Waals surface area contributed by atoms with Crippen LogP contribution in [0.3, 0.4) is 0 Å². The quantitative estimate of drug-likeness (QED) is 0.534. The minimum absolute atomic E-state index is 0.0175. The Labute approximate surface area is 188 Å². The first kappa shape index (κ1) is 23.3. The molecule has 168 valence electrons. The lowest BCUT2D eigenvalue weighted by atomic mass is 9.91. The fourth-order valence-electron chi connectivity index (χ4n) is 3.99. The molecule has 2 atom stereocenters. The third-order valence-corrected chi connectivity index (χ3v) is 5.45. The Balaban J connectivity index is 1.52. The van der Waals surface area contributed by atoms with Crippen molar-refractivity contribution in [1.29, 1.82) is 5.26 Å². The van der Waals surface area contributed by atoms with Crippen LogP contribution < -0.4 is 21.7 Å². The summed E-state index contributed by atoms with van der Waals surface area (Å²) in [5.74, 6) is 0.397. The number of hydrogen-bond acceptors (Lipinski definition) is 5. The summed E-state index contributed by atoms with van der Waals surface area (Å²) >= 11 is 0. The Hall–Kier alpha value is -3.41. The van der Waals surface area contributed by atoms with Gasteiger partial charge in [-0.2, -0.15) is 5.26 Å². The van der Waals surface area contributed by atoms with Crippen molar-refractivity contribution in [2.45, 2.75) is 52.1 Å². The second kappa shape index (κ2) is 9.81. The fraction of sp³-hybridized carbons (Fsp3) is 0.375. The van der Waals surface area contributed by atoms with E-state index < -0.39 is 11.8 Å². The maximum absolute atomic E-state index is 12.9. The Morgan fingerprint density at radius 2 is 1.81 bits per heavy atom. The van der Waals surface area contributed by atoms with Crippen molar-refractivity contribution in [2.75, 3.05) is 5.32 Å². The van der Waals surface area contributed by atoms with Gasteiger partial charge < -0.3 is 15.5 Å². The highest BCUT2D eigenvalue weighted by molar-refractivity contribution is 5.89. The third-order valence-electron chi connectivity index (χ3n) is 5.45. The maximum Gasteiger partial charge on any atom is 0.319 e. The molecule has 0 saturated carbocycles. The molecule has 1 aliphatic heterocycles. The number of carbonyl (C=O) groups is 2. The van der Waals surface area contributed by atoms with Crippen LogP contribution in [0.5, 0.6) is 0 Å². The first-order valence-corrected chi connectivity index (χ1v) is 10.7. The lowest BCUT2D eigenvalue weighted by molar-refractivity contribution is -0.133. The number of nitrogens with one attached hydrogen (secondary N) is 3. The van der Waals surface area contributed by atoms with Crippen molar-refractivity contribution >= 4 is 17.6 Å². The lowest BCUT2D eigenvalue weighted by Crippen LogP contribution is -2.48. The fourth-order valence-corrected chi connectivity index (χ4v) is 3.99. The highest BCUT2D eigenvalue weighted by atomic mass is 16.2. The van der Waals surface area contributed by atoms with Gasteiger partial charge in [-0.25, -0.2) is 4.79 Å². The standard InChI is InChI=1S/C24H30N6O2/c1-16(2)12-24(3)21(31)30(22(26)29-24)15-19-6-4-18(5-7-19)14-27-23(32)28-20-10-8-17(13-25)9-11-20/h4-11,16,22,29H,12,14-15,26H2,1-3H3,(H2,27,28,32)/t22?,24-/m1/s1. The second-order valence-corrected chi connectivity index (χ2v) is 8.77. The number of benzene rings is 2. The zero-order chi connectivity index (χ0) is 23.3. The molecule has 1 aliphatic rings. The largest absolute Gasteiger partial charge is 0.334 e. The number of hydrogen-bond donors (Lipinski definition) is 4. The van der Waals surface area contributed by atoms with E-state index in [0.717, 1.165) is 17.5 Å². The maximum atomic E-state index is 12.9. The van der Waals surface area contributed by atoms with Crippen LogP contribution in [0.15, 0.2) is 48.5 Å². The van der Waals surface area contributed by atoms with Crippen LogP contribution >= 0.6 is 0 Å². The van der Waals surface area contributed by atoms with Gasteiger partial charge in [-0.1, -0.05) is 38.1 Å². The molecule has 0 aromatic heterocycles. The topological polar surface area (TPSA) is 123 Å². The predicted molar refractivity (Wildman–Crippen MR) is 123 cm³/mol. The molecule has 0 radical (unpaired) electrons. The van der Waals surface area contributed by atoms with E-state index in [2.05, 4.69) is 29.8 Å². The van der Waals surface area contributed by atoms with Crippen LogP contribution in [0.1, 0.15) is 43.9 Å². The minimum atomic E-state index is -0.639. The van der Waals surface area contributed by atoms with Crippen LogP contribution in [0.2, 0.25) is 0 Å². The molecule has 5 N–H and O–H groups in total. The molecule has 8 nitrogen and oxygen atoms in total. The molecule has 2 aromatic carbocycles. The van der Waals surface area contributed by atoms with E-state index >= 15 is 0 Å². The Morgan fingerprint density at radius 3 is 2.41 bits per heavy atom. The summed E-state index contributed by atoms with van der Waals surface area (Å²) < 4.78 is 0. The van der Waals surface area contributed by atoms with Gasteiger partial charge in [0.25, 0.3) is 0 Å². The van der Waals surface area contributed by atoms with Gasteiger partial charge in [0.2, 0.25) is 5.91 Å². The van der Waals surface area contributed by atoms with E-state index in [1.165, 1.54) is 0 Å². The average molecular weight is 435 g/mol. The van der Waals surface area contributed by atoms with Crippen LogP contribution in [-0.4, -0.2) is 28.7 Å². The van der Waals surface area contributed by atoms with Gasteiger partial charge in [0, 0.05) is 18.8 Å². The normalized spacial score (nSPS) is 20.3. The van der Waals surface area contributed by atoms with Crippen molar-refractivity contribution in [3.05, 3.63) is 65.2 Å². The summed E-state index contributed by atoms with van der Waals surface area (Å²) in [6.45, 7) is 6.87. The SMILES string of the molecule is CC(C)C[C@@]1(C)NC(N)N(Cc2ccc(CNC(=O)Nc3ccc(C#N)cc3)cc2)C1=O. The number of anilines is 1. The van der Waals surface area contributed by atoms with Gasteiger partial charge in [0.15, 0.2) is 0 Å². The van der Waals surface area contributed by atoms with Crippen molar-refractivity contribution in [3.8, 4) is 6.07 Å². The number of amides is 3. The molecular weight excluding hydrogens is 404 g/mol. The number of nitrogens with zero attached hydrogens (tertiary/aromatic N) is 2. The molecule has 1 saturated heterocycles. The number of nitrogens with two attached hydrogens (primary N) is 1. The van der Waals surface area contributed by atoms with Crippen LogP contribution in [-0.2, 0) is 17.9 Å². The van der Waals surface area contributed by atoms with Gasteiger partial charge in [-0.3, -0.25) is 15.8 Å². The molecule has 2 aromatic rings. The van der Waals surface area contributed by atoms with E-state index in [9.17, 15) is 9.59 Å². The molecule has 0 spiro atoms. The summed E-state index contributed by atoms with van der Waals surface area (Å²) in [6.07, 6.45) is 0.212. The van der Waals surface area contributed by atoms with Gasteiger partial charge >= 0.3 is 6.03 Å². The zero-order valence-electron chi connectivity index (χ0n) is 18.7. The van der Waals surface area contributed by atoms with E-state index in [4.69, 9.17) is 11.0 Å². The van der Waals surface area contributed by atoms with Crippen molar-refractivity contribution in [2.24, 2.45) is 11.7 Å². The highest BCUT2D eigenvalue weighted by Gasteiger charge is 2.46.